The van der Waals surface area contributed by atoms with Crippen LogP contribution in [0.15, 0.2) is 41.3 Å². The molecule has 0 aliphatic carbocycles. The molecule has 4 rings (SSSR count). The number of hydrogen-bond donors (Lipinski definition) is 2. The van der Waals surface area contributed by atoms with Gasteiger partial charge in [0.2, 0.25) is 10.0 Å². The topological polar surface area (TPSA) is 105 Å². The first-order valence-corrected chi connectivity index (χ1v) is 11.8. The molecule has 31 heavy (non-hydrogen) atoms. The molecule has 10 heteroatoms. The van der Waals surface area contributed by atoms with Crippen molar-refractivity contribution in [2.75, 3.05) is 23.8 Å². The lowest BCUT2D eigenvalue weighted by molar-refractivity contribution is -0.118. The van der Waals surface area contributed by atoms with Crippen LogP contribution in [-0.2, 0) is 14.8 Å². The maximum atomic E-state index is 12.9. The Balaban J connectivity index is 1.51. The number of carbonyl (C=O) groups excluding carboxylic acids is 2. The van der Waals surface area contributed by atoms with Gasteiger partial charge in [0.05, 0.1) is 21.3 Å². The molecule has 1 atom stereocenters. The number of carbonyl (C=O) groups is 2. The Morgan fingerprint density at radius 1 is 1.23 bits per heavy atom. The molecule has 2 amide bonds. The fourth-order valence-corrected chi connectivity index (χ4v) is 5.64. The molecule has 2 aromatic rings. The largest absolute Gasteiger partial charge is 0.482 e. The maximum Gasteiger partial charge on any atom is 0.262 e. The van der Waals surface area contributed by atoms with Gasteiger partial charge < -0.3 is 15.4 Å². The van der Waals surface area contributed by atoms with Gasteiger partial charge in [0.15, 0.2) is 6.61 Å². The fourth-order valence-electron chi connectivity index (χ4n) is 3.73. The molecule has 0 spiro atoms. The van der Waals surface area contributed by atoms with Crippen LogP contribution < -0.4 is 15.4 Å². The van der Waals surface area contributed by atoms with Crippen molar-refractivity contribution in [3.8, 4) is 5.75 Å². The molecular formula is C21H22ClN3O5S. The molecule has 164 valence electrons. The van der Waals surface area contributed by atoms with E-state index in [1.54, 1.807) is 0 Å². The number of halogens is 1. The van der Waals surface area contributed by atoms with Crippen LogP contribution in [0.3, 0.4) is 0 Å². The summed E-state index contributed by atoms with van der Waals surface area (Å²) >= 11 is 6.22. The average Bonchev–Trinajstić information content (AvgIpc) is 2.74. The van der Waals surface area contributed by atoms with Gasteiger partial charge in [-0.15, -0.1) is 0 Å². The second kappa shape index (κ2) is 8.49. The predicted molar refractivity (Wildman–Crippen MR) is 117 cm³/mol. The van der Waals surface area contributed by atoms with E-state index in [2.05, 4.69) is 10.6 Å². The smallest absolute Gasteiger partial charge is 0.262 e. The van der Waals surface area contributed by atoms with Crippen molar-refractivity contribution in [3.63, 3.8) is 0 Å². The second-order valence-electron chi connectivity index (χ2n) is 7.60. The SMILES string of the molecule is CC1CCCCN1S(=O)(=O)c1ccc(C(=O)Nc2cc3c(cc2Cl)NC(=O)CO3)cc1. The number of nitrogens with zero attached hydrogens (tertiary/aromatic N) is 1. The molecule has 8 nitrogen and oxygen atoms in total. The number of amides is 2. The molecule has 2 N–H and O–H groups in total. The van der Waals surface area contributed by atoms with Crippen LogP contribution in [0.25, 0.3) is 0 Å². The zero-order valence-corrected chi connectivity index (χ0v) is 18.4. The molecule has 2 heterocycles. The van der Waals surface area contributed by atoms with E-state index in [1.165, 1.54) is 40.7 Å². The Hall–Kier alpha value is -2.62. The number of piperidine rings is 1. The minimum Gasteiger partial charge on any atom is -0.482 e. The Kier molecular flexibility index (Phi) is 5.92. The van der Waals surface area contributed by atoms with Gasteiger partial charge in [-0.1, -0.05) is 18.0 Å². The summed E-state index contributed by atoms with van der Waals surface area (Å²) < 4.78 is 32.7. The van der Waals surface area contributed by atoms with Crippen LogP contribution in [0.1, 0.15) is 36.5 Å². The van der Waals surface area contributed by atoms with Crippen molar-refractivity contribution >= 4 is 44.8 Å². The minimum absolute atomic E-state index is 0.0418. The van der Waals surface area contributed by atoms with Crippen molar-refractivity contribution in [2.24, 2.45) is 0 Å². The molecule has 0 radical (unpaired) electrons. The summed E-state index contributed by atoms with van der Waals surface area (Å²) in [7, 11) is -3.60. The number of benzene rings is 2. The highest BCUT2D eigenvalue weighted by Gasteiger charge is 2.31. The normalized spacial score (nSPS) is 19.2. The van der Waals surface area contributed by atoms with E-state index in [1.807, 2.05) is 6.92 Å². The highest BCUT2D eigenvalue weighted by molar-refractivity contribution is 7.89. The quantitative estimate of drug-likeness (QED) is 0.722. The highest BCUT2D eigenvalue weighted by Crippen LogP contribution is 2.36. The number of fused-ring (bicyclic) bond motifs is 1. The predicted octanol–water partition coefficient (Wildman–Crippen LogP) is 3.49. The zero-order chi connectivity index (χ0) is 22.2. The van der Waals surface area contributed by atoms with E-state index in [0.717, 1.165) is 19.3 Å². The van der Waals surface area contributed by atoms with Gasteiger partial charge in [-0.2, -0.15) is 4.31 Å². The van der Waals surface area contributed by atoms with Crippen LogP contribution in [0.4, 0.5) is 11.4 Å². The van der Waals surface area contributed by atoms with E-state index in [9.17, 15) is 18.0 Å². The molecule has 2 aliphatic heterocycles. The molecule has 1 saturated heterocycles. The average molecular weight is 464 g/mol. The van der Waals surface area contributed by atoms with Crippen LogP contribution in [0, 0.1) is 0 Å². The Bertz CT molecular complexity index is 1130. The van der Waals surface area contributed by atoms with E-state index in [0.29, 0.717) is 23.7 Å². The summed E-state index contributed by atoms with van der Waals surface area (Å²) in [5.74, 6) is -0.331. The summed E-state index contributed by atoms with van der Waals surface area (Å²) in [6.07, 6.45) is 2.71. The van der Waals surface area contributed by atoms with Crippen LogP contribution >= 0.6 is 11.6 Å². The summed E-state index contributed by atoms with van der Waals surface area (Å²) in [6, 6.07) is 8.82. The molecular weight excluding hydrogens is 442 g/mol. The summed E-state index contributed by atoms with van der Waals surface area (Å²) in [6.45, 7) is 2.30. The van der Waals surface area contributed by atoms with Gasteiger partial charge in [0.1, 0.15) is 5.75 Å². The highest BCUT2D eigenvalue weighted by atomic mass is 35.5. The molecule has 1 fully saturated rings. The summed E-state index contributed by atoms with van der Waals surface area (Å²) in [5, 5.41) is 5.57. The molecule has 0 aromatic heterocycles. The molecule has 1 unspecified atom stereocenters. The van der Waals surface area contributed by atoms with Gasteiger partial charge >= 0.3 is 0 Å². The van der Waals surface area contributed by atoms with Crippen molar-refractivity contribution in [1.29, 1.82) is 0 Å². The van der Waals surface area contributed by atoms with E-state index in [4.69, 9.17) is 16.3 Å². The first kappa shape index (κ1) is 21.6. The van der Waals surface area contributed by atoms with Gasteiger partial charge in [-0.05, 0) is 50.1 Å². The standard InChI is InChI=1S/C21H22ClN3O5S/c1-13-4-2-3-9-25(13)31(28,29)15-7-5-14(6-8-15)21(27)24-17-11-19-18(10-16(17)22)23-20(26)12-30-19/h5-8,10-11,13H,2-4,9,12H2,1H3,(H,23,26)(H,24,27). The van der Waals surface area contributed by atoms with Crippen molar-refractivity contribution in [1.82, 2.24) is 4.31 Å². The zero-order valence-electron chi connectivity index (χ0n) is 16.9. The molecule has 2 aliphatic rings. The van der Waals surface area contributed by atoms with E-state index >= 15 is 0 Å². The second-order valence-corrected chi connectivity index (χ2v) is 9.90. The van der Waals surface area contributed by atoms with Gasteiger partial charge in [-0.25, -0.2) is 8.42 Å². The first-order chi connectivity index (χ1) is 14.8. The number of ether oxygens (including phenoxy) is 1. The molecule has 2 aromatic carbocycles. The number of hydrogen-bond acceptors (Lipinski definition) is 5. The van der Waals surface area contributed by atoms with Crippen LogP contribution in [0.5, 0.6) is 5.75 Å². The first-order valence-electron chi connectivity index (χ1n) is 9.95. The number of rotatable bonds is 4. The van der Waals surface area contributed by atoms with Gasteiger partial charge in [-0.3, -0.25) is 9.59 Å². The lowest BCUT2D eigenvalue weighted by atomic mass is 10.1. The van der Waals surface area contributed by atoms with Crippen molar-refractivity contribution in [2.45, 2.75) is 37.1 Å². The van der Waals surface area contributed by atoms with Crippen LogP contribution in [-0.4, -0.2) is 43.7 Å². The molecule has 0 saturated carbocycles. The Morgan fingerprint density at radius 2 is 1.97 bits per heavy atom. The maximum absolute atomic E-state index is 12.9. The summed E-state index contributed by atoms with van der Waals surface area (Å²) in [5.41, 5.74) is 1.04. The third-order valence-corrected chi connectivity index (χ3v) is 7.76. The third kappa shape index (κ3) is 4.39. The Morgan fingerprint density at radius 3 is 2.68 bits per heavy atom. The van der Waals surface area contributed by atoms with E-state index in [-0.39, 0.29) is 34.0 Å². The van der Waals surface area contributed by atoms with Gasteiger partial charge in [0, 0.05) is 24.2 Å². The van der Waals surface area contributed by atoms with Crippen LogP contribution in [0.2, 0.25) is 5.02 Å². The van der Waals surface area contributed by atoms with Gasteiger partial charge in [0.25, 0.3) is 11.8 Å². The fraction of sp³-hybridized carbons (Fsp3) is 0.333. The number of sulfonamides is 1. The number of anilines is 2. The van der Waals surface area contributed by atoms with Crippen molar-refractivity contribution in [3.05, 3.63) is 47.0 Å². The Labute approximate surface area is 185 Å². The third-order valence-electron chi connectivity index (χ3n) is 5.42. The lowest BCUT2D eigenvalue weighted by Crippen LogP contribution is -2.41. The lowest BCUT2D eigenvalue weighted by Gasteiger charge is -2.32. The monoisotopic (exact) mass is 463 g/mol. The van der Waals surface area contributed by atoms with E-state index < -0.39 is 15.9 Å². The van der Waals surface area contributed by atoms with Crippen molar-refractivity contribution < 1.29 is 22.7 Å². The number of nitrogens with one attached hydrogen (secondary N) is 2. The minimum atomic E-state index is -3.60. The molecule has 0 bridgehead atoms. The summed E-state index contributed by atoms with van der Waals surface area (Å²) in [4.78, 5) is 24.2.